The lowest BCUT2D eigenvalue weighted by molar-refractivity contribution is -0.155. The molecular formula is C14H13NO5. The Kier molecular flexibility index (Phi) is 2.74. The number of nitrogens with zero attached hydrogens (tertiary/aromatic N) is 1. The molecule has 3 rings (SSSR count). The van der Waals surface area contributed by atoms with Crippen molar-refractivity contribution in [2.24, 2.45) is 11.8 Å². The summed E-state index contributed by atoms with van der Waals surface area (Å²) >= 11 is 0. The summed E-state index contributed by atoms with van der Waals surface area (Å²) < 4.78 is 0. The quantitative estimate of drug-likeness (QED) is 0.775. The molecule has 20 heavy (non-hydrogen) atoms. The summed E-state index contributed by atoms with van der Waals surface area (Å²) in [5.41, 5.74) is 0.649. The van der Waals surface area contributed by atoms with Crippen LogP contribution in [-0.2, 0) is 20.8 Å². The van der Waals surface area contributed by atoms with Gasteiger partial charge in [0, 0.05) is 6.42 Å². The Bertz CT molecular complexity index is 574. The van der Waals surface area contributed by atoms with Gasteiger partial charge < -0.3 is 10.2 Å². The number of carbonyl (C=O) groups excluding carboxylic acids is 2. The molecule has 2 fully saturated rings. The van der Waals surface area contributed by atoms with E-state index in [0.717, 1.165) is 4.90 Å². The molecule has 1 heterocycles. The van der Waals surface area contributed by atoms with Crippen molar-refractivity contribution in [2.75, 3.05) is 0 Å². The van der Waals surface area contributed by atoms with Gasteiger partial charge in [-0.05, 0) is 24.1 Å². The van der Waals surface area contributed by atoms with E-state index in [4.69, 9.17) is 0 Å². The van der Waals surface area contributed by atoms with Gasteiger partial charge in [0.15, 0.2) is 0 Å². The van der Waals surface area contributed by atoms with E-state index >= 15 is 0 Å². The van der Waals surface area contributed by atoms with Crippen molar-refractivity contribution < 1.29 is 24.6 Å². The molecule has 1 aliphatic heterocycles. The average molecular weight is 275 g/mol. The predicted molar refractivity (Wildman–Crippen MR) is 66.7 cm³/mol. The molecule has 1 aliphatic carbocycles. The number of hydrogen-bond acceptors (Lipinski definition) is 4. The second-order valence-corrected chi connectivity index (χ2v) is 5.22. The molecule has 1 saturated heterocycles. The number of aromatic hydroxyl groups is 1. The van der Waals surface area contributed by atoms with Crippen LogP contribution in [0.2, 0.25) is 0 Å². The van der Waals surface area contributed by atoms with Crippen LogP contribution in [0.15, 0.2) is 24.3 Å². The van der Waals surface area contributed by atoms with Gasteiger partial charge in [-0.3, -0.25) is 14.5 Å². The number of phenolic OH excluding ortho intramolecular Hbond substituents is 1. The monoisotopic (exact) mass is 275 g/mol. The van der Waals surface area contributed by atoms with Gasteiger partial charge in [-0.2, -0.15) is 0 Å². The Balaban J connectivity index is 1.83. The van der Waals surface area contributed by atoms with Crippen molar-refractivity contribution in [1.82, 2.24) is 4.90 Å². The Morgan fingerprint density at radius 1 is 1.20 bits per heavy atom. The van der Waals surface area contributed by atoms with E-state index < -0.39 is 12.0 Å². The summed E-state index contributed by atoms with van der Waals surface area (Å²) in [7, 11) is 0. The molecule has 0 aromatic heterocycles. The number of carbonyl (C=O) groups is 3. The number of phenols is 1. The molecule has 3 unspecified atom stereocenters. The first kappa shape index (κ1) is 12.7. The molecule has 3 atom stereocenters. The van der Waals surface area contributed by atoms with Gasteiger partial charge in [-0.25, -0.2) is 4.79 Å². The summed E-state index contributed by atoms with van der Waals surface area (Å²) in [6, 6.07) is 4.87. The fourth-order valence-electron chi connectivity index (χ4n) is 2.66. The fourth-order valence-corrected chi connectivity index (χ4v) is 2.66. The molecule has 2 N–H and O–H groups in total. The van der Waals surface area contributed by atoms with Crippen molar-refractivity contribution in [3.63, 3.8) is 0 Å². The lowest BCUT2D eigenvalue weighted by atomic mass is 10.0. The van der Waals surface area contributed by atoms with Gasteiger partial charge in [0.05, 0.1) is 11.8 Å². The number of likely N-dealkylation sites (tertiary alicyclic amines) is 1. The number of carboxylic acid groups (broad SMARTS) is 1. The number of aliphatic carboxylic acids is 1. The molecule has 2 amide bonds. The number of benzene rings is 1. The van der Waals surface area contributed by atoms with Gasteiger partial charge in [-0.15, -0.1) is 0 Å². The summed E-state index contributed by atoms with van der Waals surface area (Å²) in [5, 5.41) is 18.5. The highest BCUT2D eigenvalue weighted by Crippen LogP contribution is 2.47. The SMILES string of the molecule is O=C(O)C(Cc1ccc(O)cc1)N1C(=O)C2CC2C1=O. The standard InChI is InChI=1S/C14H13NO5/c16-8-3-1-7(2-4-8)5-11(14(19)20)15-12(17)9-6-10(9)13(15)18/h1-4,9-11,16H,5-6H2,(H,19,20). The fraction of sp³-hybridized carbons (Fsp3) is 0.357. The lowest BCUT2D eigenvalue weighted by Crippen LogP contribution is -2.47. The number of fused-ring (bicyclic) bond motifs is 1. The van der Waals surface area contributed by atoms with Crippen LogP contribution in [0.5, 0.6) is 5.75 Å². The minimum Gasteiger partial charge on any atom is -0.508 e. The topological polar surface area (TPSA) is 94.9 Å². The number of imide groups is 1. The van der Waals surface area contributed by atoms with Gasteiger partial charge in [0.2, 0.25) is 11.8 Å². The van der Waals surface area contributed by atoms with Gasteiger partial charge >= 0.3 is 5.97 Å². The van der Waals surface area contributed by atoms with Crippen LogP contribution >= 0.6 is 0 Å². The van der Waals surface area contributed by atoms with E-state index in [-0.39, 0.29) is 35.8 Å². The van der Waals surface area contributed by atoms with Crippen LogP contribution in [0.1, 0.15) is 12.0 Å². The Morgan fingerprint density at radius 3 is 2.25 bits per heavy atom. The van der Waals surface area contributed by atoms with Gasteiger partial charge in [0.25, 0.3) is 0 Å². The maximum atomic E-state index is 11.9. The molecule has 0 radical (unpaired) electrons. The number of rotatable bonds is 4. The van der Waals surface area contributed by atoms with Crippen molar-refractivity contribution in [3.8, 4) is 5.75 Å². The number of hydrogen-bond donors (Lipinski definition) is 2. The largest absolute Gasteiger partial charge is 0.508 e. The maximum Gasteiger partial charge on any atom is 0.327 e. The zero-order valence-corrected chi connectivity index (χ0v) is 10.5. The molecular weight excluding hydrogens is 262 g/mol. The van der Waals surface area contributed by atoms with Crippen LogP contribution in [-0.4, -0.2) is 38.9 Å². The molecule has 2 aliphatic rings. The minimum atomic E-state index is -1.19. The Labute approximate surface area is 114 Å². The highest BCUT2D eigenvalue weighted by molar-refractivity contribution is 6.11. The average Bonchev–Trinajstić information content (AvgIpc) is 3.15. The molecule has 6 nitrogen and oxygen atoms in total. The highest BCUT2D eigenvalue weighted by Gasteiger charge is 2.61. The molecule has 1 aromatic carbocycles. The molecule has 1 aromatic rings. The predicted octanol–water partition coefficient (Wildman–Crippen LogP) is 0.393. The van der Waals surface area contributed by atoms with Crippen LogP contribution in [0, 0.1) is 11.8 Å². The third-order valence-corrected chi connectivity index (χ3v) is 3.86. The van der Waals surface area contributed by atoms with E-state index in [1.165, 1.54) is 12.1 Å². The van der Waals surface area contributed by atoms with Crippen molar-refractivity contribution in [3.05, 3.63) is 29.8 Å². The minimum absolute atomic E-state index is 0.0481. The molecule has 1 saturated carbocycles. The first-order valence-electron chi connectivity index (χ1n) is 6.36. The van der Waals surface area contributed by atoms with Gasteiger partial charge in [0.1, 0.15) is 11.8 Å². The van der Waals surface area contributed by atoms with Gasteiger partial charge in [-0.1, -0.05) is 12.1 Å². The first-order chi connectivity index (χ1) is 9.49. The zero-order valence-electron chi connectivity index (χ0n) is 10.5. The summed E-state index contributed by atoms with van der Waals surface area (Å²) in [6.45, 7) is 0. The van der Waals surface area contributed by atoms with E-state index in [9.17, 15) is 24.6 Å². The van der Waals surface area contributed by atoms with E-state index in [0.29, 0.717) is 12.0 Å². The third-order valence-electron chi connectivity index (χ3n) is 3.86. The molecule has 0 spiro atoms. The van der Waals surface area contributed by atoms with Crippen molar-refractivity contribution >= 4 is 17.8 Å². The zero-order chi connectivity index (χ0) is 14.4. The maximum absolute atomic E-state index is 11.9. The number of amides is 2. The number of carboxylic acids is 1. The van der Waals surface area contributed by atoms with E-state index in [1.807, 2.05) is 0 Å². The second kappa shape index (κ2) is 4.33. The van der Waals surface area contributed by atoms with Crippen LogP contribution in [0.25, 0.3) is 0 Å². The molecule has 6 heteroatoms. The van der Waals surface area contributed by atoms with E-state index in [2.05, 4.69) is 0 Å². The summed E-state index contributed by atoms with van der Waals surface area (Å²) in [5.74, 6) is -2.46. The number of piperidine rings is 1. The Morgan fingerprint density at radius 2 is 1.75 bits per heavy atom. The van der Waals surface area contributed by atoms with E-state index in [1.54, 1.807) is 12.1 Å². The van der Waals surface area contributed by atoms with Crippen LogP contribution < -0.4 is 0 Å². The summed E-state index contributed by atoms with van der Waals surface area (Å²) in [6.07, 6.45) is 0.603. The second-order valence-electron chi connectivity index (χ2n) is 5.22. The Hall–Kier alpha value is -2.37. The lowest BCUT2D eigenvalue weighted by Gasteiger charge is -2.24. The molecule has 0 bridgehead atoms. The van der Waals surface area contributed by atoms with Crippen molar-refractivity contribution in [2.45, 2.75) is 18.9 Å². The van der Waals surface area contributed by atoms with Crippen molar-refractivity contribution in [1.29, 1.82) is 0 Å². The third kappa shape index (κ3) is 1.93. The highest BCUT2D eigenvalue weighted by atomic mass is 16.4. The first-order valence-corrected chi connectivity index (χ1v) is 6.36. The van der Waals surface area contributed by atoms with Crippen LogP contribution in [0.4, 0.5) is 0 Å². The summed E-state index contributed by atoms with van der Waals surface area (Å²) in [4.78, 5) is 36.2. The smallest absolute Gasteiger partial charge is 0.327 e. The normalized spacial score (nSPS) is 25.5. The molecule has 104 valence electrons. The van der Waals surface area contributed by atoms with Crippen LogP contribution in [0.3, 0.4) is 0 Å².